The van der Waals surface area contributed by atoms with Crippen LogP contribution in [0.2, 0.25) is 0 Å². The van der Waals surface area contributed by atoms with E-state index in [1.165, 1.54) is 0 Å². The number of nitrogens with zero attached hydrogens (tertiary/aromatic N) is 1. The summed E-state index contributed by atoms with van der Waals surface area (Å²) < 4.78 is 0. The molecular weight excluding hydrogens is 242 g/mol. The first-order valence-electron chi connectivity index (χ1n) is 6.52. The fourth-order valence-corrected chi connectivity index (χ4v) is 2.30. The molecule has 0 aromatic heterocycles. The lowest BCUT2D eigenvalue weighted by atomic mass is 10.1. The van der Waals surface area contributed by atoms with Crippen LogP contribution in [0.25, 0.3) is 0 Å². The molecule has 1 unspecified atom stereocenters. The number of anilines is 1. The van der Waals surface area contributed by atoms with Crippen LogP contribution in [0.3, 0.4) is 0 Å². The Bertz CT molecular complexity index is 443. The Hall–Kier alpha value is -1.43. The van der Waals surface area contributed by atoms with E-state index in [-0.39, 0.29) is 5.91 Å². The van der Waals surface area contributed by atoms with E-state index >= 15 is 0 Å². The molecule has 1 aliphatic rings. The molecule has 1 heterocycles. The van der Waals surface area contributed by atoms with Crippen LogP contribution in [0.4, 0.5) is 5.69 Å². The highest BCUT2D eigenvalue weighted by molar-refractivity contribution is 5.92. The maximum Gasteiger partial charge on any atom is 0.238 e. The van der Waals surface area contributed by atoms with Gasteiger partial charge in [-0.2, -0.15) is 0 Å². The van der Waals surface area contributed by atoms with Crippen LogP contribution in [0.15, 0.2) is 24.3 Å². The molecule has 19 heavy (non-hydrogen) atoms. The van der Waals surface area contributed by atoms with E-state index in [2.05, 4.69) is 5.32 Å². The average Bonchev–Trinajstić information content (AvgIpc) is 2.69. The van der Waals surface area contributed by atoms with Crippen LogP contribution in [-0.4, -0.2) is 41.1 Å². The number of carbonyl (C=O) groups is 1. The number of nitrogens with one attached hydrogen (secondary N) is 1. The standard InChI is InChI=1S/C14H21N3O2/c1-14(19)6-7-17(10-14)9-13(18)16-12-4-2-11(8-15)3-5-12/h2-5,19H,6-10,15H2,1H3,(H,16,18). The van der Waals surface area contributed by atoms with Crippen LogP contribution in [-0.2, 0) is 11.3 Å². The summed E-state index contributed by atoms with van der Waals surface area (Å²) in [6.07, 6.45) is 0.714. The van der Waals surface area contributed by atoms with Crippen molar-refractivity contribution in [1.82, 2.24) is 4.90 Å². The normalized spacial score (nSPS) is 23.5. The van der Waals surface area contributed by atoms with Gasteiger partial charge in [0.2, 0.25) is 5.91 Å². The molecular formula is C14H21N3O2. The molecule has 0 spiro atoms. The largest absolute Gasteiger partial charge is 0.389 e. The summed E-state index contributed by atoms with van der Waals surface area (Å²) in [5.41, 5.74) is 6.66. The van der Waals surface area contributed by atoms with Crippen LogP contribution in [0, 0.1) is 0 Å². The summed E-state index contributed by atoms with van der Waals surface area (Å²) in [6, 6.07) is 7.49. The van der Waals surface area contributed by atoms with Crippen molar-refractivity contribution in [3.05, 3.63) is 29.8 Å². The summed E-state index contributed by atoms with van der Waals surface area (Å²) in [5, 5.41) is 12.7. The zero-order chi connectivity index (χ0) is 13.9. The molecule has 2 rings (SSSR count). The van der Waals surface area contributed by atoms with E-state index in [1.807, 2.05) is 29.2 Å². The van der Waals surface area contributed by atoms with Crippen LogP contribution in [0.5, 0.6) is 0 Å². The Balaban J connectivity index is 1.84. The summed E-state index contributed by atoms with van der Waals surface area (Å²) in [7, 11) is 0. The van der Waals surface area contributed by atoms with E-state index in [9.17, 15) is 9.90 Å². The van der Waals surface area contributed by atoms with Gasteiger partial charge in [0, 0.05) is 25.3 Å². The van der Waals surface area contributed by atoms with Gasteiger partial charge in [-0.15, -0.1) is 0 Å². The van der Waals surface area contributed by atoms with Crippen molar-refractivity contribution in [2.75, 3.05) is 25.0 Å². The van der Waals surface area contributed by atoms with Crippen molar-refractivity contribution in [3.8, 4) is 0 Å². The lowest BCUT2D eigenvalue weighted by Crippen LogP contribution is -2.35. The highest BCUT2D eigenvalue weighted by atomic mass is 16.3. The summed E-state index contributed by atoms with van der Waals surface area (Å²) >= 11 is 0. The molecule has 0 bridgehead atoms. The Morgan fingerprint density at radius 2 is 2.16 bits per heavy atom. The van der Waals surface area contributed by atoms with E-state index in [4.69, 9.17) is 5.73 Å². The first-order chi connectivity index (χ1) is 8.98. The van der Waals surface area contributed by atoms with Crippen molar-refractivity contribution in [2.45, 2.75) is 25.5 Å². The number of amides is 1. The smallest absolute Gasteiger partial charge is 0.238 e. The molecule has 1 fully saturated rings. The number of benzene rings is 1. The zero-order valence-electron chi connectivity index (χ0n) is 11.2. The second kappa shape index (κ2) is 5.69. The zero-order valence-corrected chi connectivity index (χ0v) is 11.2. The van der Waals surface area contributed by atoms with Crippen LogP contribution in [0.1, 0.15) is 18.9 Å². The van der Waals surface area contributed by atoms with Gasteiger partial charge in [-0.3, -0.25) is 9.69 Å². The minimum absolute atomic E-state index is 0.0572. The van der Waals surface area contributed by atoms with Gasteiger partial charge in [0.1, 0.15) is 0 Å². The number of rotatable bonds is 4. The number of nitrogens with two attached hydrogens (primary N) is 1. The summed E-state index contributed by atoms with van der Waals surface area (Å²) in [6.45, 7) is 3.92. The first-order valence-corrected chi connectivity index (χ1v) is 6.52. The number of hydrogen-bond donors (Lipinski definition) is 3. The van der Waals surface area contributed by atoms with Crippen molar-refractivity contribution < 1.29 is 9.90 Å². The number of hydrogen-bond acceptors (Lipinski definition) is 4. The predicted octanol–water partition coefficient (Wildman–Crippen LogP) is 0.540. The third kappa shape index (κ3) is 4.02. The van der Waals surface area contributed by atoms with Crippen molar-refractivity contribution in [3.63, 3.8) is 0 Å². The van der Waals surface area contributed by atoms with Gasteiger partial charge in [0.05, 0.1) is 12.1 Å². The topological polar surface area (TPSA) is 78.6 Å². The molecule has 1 amide bonds. The molecule has 4 N–H and O–H groups in total. The summed E-state index contributed by atoms with van der Waals surface area (Å²) in [4.78, 5) is 13.8. The fourth-order valence-electron chi connectivity index (χ4n) is 2.30. The minimum Gasteiger partial charge on any atom is -0.389 e. The maximum absolute atomic E-state index is 11.9. The molecule has 0 aliphatic carbocycles. The quantitative estimate of drug-likeness (QED) is 0.741. The molecule has 1 saturated heterocycles. The predicted molar refractivity (Wildman–Crippen MR) is 74.6 cm³/mol. The Labute approximate surface area is 113 Å². The van der Waals surface area contributed by atoms with Crippen LogP contribution >= 0.6 is 0 Å². The van der Waals surface area contributed by atoms with E-state index in [0.717, 1.165) is 17.8 Å². The fraction of sp³-hybridized carbons (Fsp3) is 0.500. The molecule has 0 radical (unpaired) electrons. The molecule has 1 atom stereocenters. The molecule has 104 valence electrons. The van der Waals surface area contributed by atoms with Crippen molar-refractivity contribution in [2.24, 2.45) is 5.73 Å². The Kier molecular flexibility index (Phi) is 4.19. The second-order valence-corrected chi connectivity index (χ2v) is 5.41. The monoisotopic (exact) mass is 263 g/mol. The molecule has 5 nitrogen and oxygen atoms in total. The van der Waals surface area contributed by atoms with Gasteiger partial charge in [-0.1, -0.05) is 12.1 Å². The van der Waals surface area contributed by atoms with E-state index in [0.29, 0.717) is 26.1 Å². The van der Waals surface area contributed by atoms with Crippen molar-refractivity contribution >= 4 is 11.6 Å². The van der Waals surface area contributed by atoms with E-state index in [1.54, 1.807) is 6.92 Å². The first kappa shape index (κ1) is 14.0. The van der Waals surface area contributed by atoms with Gasteiger partial charge in [-0.05, 0) is 31.0 Å². The van der Waals surface area contributed by atoms with Gasteiger partial charge >= 0.3 is 0 Å². The molecule has 1 aromatic rings. The number of carbonyl (C=O) groups excluding carboxylic acids is 1. The molecule has 5 heteroatoms. The van der Waals surface area contributed by atoms with Gasteiger partial charge in [-0.25, -0.2) is 0 Å². The minimum atomic E-state index is -0.664. The molecule has 1 aliphatic heterocycles. The highest BCUT2D eigenvalue weighted by Crippen LogP contribution is 2.19. The van der Waals surface area contributed by atoms with E-state index < -0.39 is 5.60 Å². The lowest BCUT2D eigenvalue weighted by molar-refractivity contribution is -0.117. The number of aliphatic hydroxyl groups is 1. The van der Waals surface area contributed by atoms with Gasteiger partial charge in [0.25, 0.3) is 0 Å². The maximum atomic E-state index is 11.9. The molecule has 1 aromatic carbocycles. The average molecular weight is 263 g/mol. The van der Waals surface area contributed by atoms with Crippen LogP contribution < -0.4 is 11.1 Å². The summed E-state index contributed by atoms with van der Waals surface area (Å²) in [5.74, 6) is -0.0572. The van der Waals surface area contributed by atoms with Gasteiger partial charge < -0.3 is 16.2 Å². The Morgan fingerprint density at radius 3 is 2.68 bits per heavy atom. The second-order valence-electron chi connectivity index (χ2n) is 5.41. The van der Waals surface area contributed by atoms with Gasteiger partial charge in [0.15, 0.2) is 0 Å². The lowest BCUT2D eigenvalue weighted by Gasteiger charge is -2.18. The number of β-amino-alcohol motifs (C(OH)–C–C–N with tert-alkyl or cyclic N) is 1. The highest BCUT2D eigenvalue weighted by Gasteiger charge is 2.31. The Morgan fingerprint density at radius 1 is 1.47 bits per heavy atom. The SMILES string of the molecule is CC1(O)CCN(CC(=O)Nc2ccc(CN)cc2)C1. The van der Waals surface area contributed by atoms with Crippen molar-refractivity contribution in [1.29, 1.82) is 0 Å². The number of likely N-dealkylation sites (tertiary alicyclic amines) is 1. The molecule has 0 saturated carbocycles. The third-order valence-corrected chi connectivity index (χ3v) is 3.37. The third-order valence-electron chi connectivity index (χ3n) is 3.37.